The van der Waals surface area contributed by atoms with E-state index in [-0.39, 0.29) is 28.4 Å². The lowest BCUT2D eigenvalue weighted by atomic mass is 10.1. The first-order valence-electron chi connectivity index (χ1n) is 18.0. The average Bonchev–Trinajstić information content (AvgIpc) is 3.29. The Labute approximate surface area is 295 Å². The highest BCUT2D eigenvalue weighted by atomic mass is 28.4. The molecule has 48 heavy (non-hydrogen) atoms. The number of aliphatic hydroxyl groups is 1. The molecule has 1 heterocycles. The van der Waals surface area contributed by atoms with Gasteiger partial charge >= 0.3 is 0 Å². The summed E-state index contributed by atoms with van der Waals surface area (Å²) in [4.78, 5) is 0. The maximum atomic E-state index is 11.0. The van der Waals surface area contributed by atoms with E-state index in [4.69, 9.17) is 18.3 Å². The van der Waals surface area contributed by atoms with E-state index in [9.17, 15) is 5.11 Å². The van der Waals surface area contributed by atoms with Gasteiger partial charge in [-0.25, -0.2) is 0 Å². The molecule has 7 heteroatoms. The summed E-state index contributed by atoms with van der Waals surface area (Å²) in [6, 6.07) is 21.2. The molecule has 4 atom stereocenters. The van der Waals surface area contributed by atoms with E-state index in [1.165, 1.54) is 23.2 Å². The summed E-state index contributed by atoms with van der Waals surface area (Å²) in [6.45, 7) is 24.7. The van der Waals surface area contributed by atoms with Gasteiger partial charge < -0.3 is 23.4 Å². The summed E-state index contributed by atoms with van der Waals surface area (Å²) in [7, 11) is -4.63. The van der Waals surface area contributed by atoms with E-state index in [1.807, 2.05) is 13.8 Å². The van der Waals surface area contributed by atoms with Gasteiger partial charge in [0.25, 0.3) is 8.32 Å². The minimum absolute atomic E-state index is 0.103. The van der Waals surface area contributed by atoms with Crippen LogP contribution in [0.3, 0.4) is 0 Å². The summed E-state index contributed by atoms with van der Waals surface area (Å²) in [5, 5.41) is 13.5. The Morgan fingerprint density at radius 3 is 1.96 bits per heavy atom. The van der Waals surface area contributed by atoms with Crippen LogP contribution in [0.25, 0.3) is 0 Å². The van der Waals surface area contributed by atoms with E-state index in [2.05, 4.69) is 146 Å². The lowest BCUT2D eigenvalue weighted by Gasteiger charge is -2.43. The Morgan fingerprint density at radius 2 is 1.44 bits per heavy atom. The molecule has 266 valence electrons. The monoisotopic (exact) mass is 692 g/mol. The van der Waals surface area contributed by atoms with Crippen molar-refractivity contribution in [2.75, 3.05) is 6.61 Å². The molecule has 1 aliphatic rings. The quantitative estimate of drug-likeness (QED) is 0.0876. The third-order valence-electron chi connectivity index (χ3n) is 9.81. The predicted octanol–water partition coefficient (Wildman–Crippen LogP) is 8.75. The molecule has 2 aromatic rings. The number of allylic oxidation sites excluding steroid dienone is 1. The first-order valence-corrected chi connectivity index (χ1v) is 22.8. The summed E-state index contributed by atoms with van der Waals surface area (Å²) >= 11 is 0. The Bertz CT molecular complexity index is 1290. The van der Waals surface area contributed by atoms with Gasteiger partial charge in [0, 0.05) is 12.8 Å². The number of hydrogen-bond donors (Lipinski definition) is 1. The topological polar surface area (TPSA) is 57.2 Å². The summed E-state index contributed by atoms with van der Waals surface area (Å²) < 4.78 is 26.7. The number of rotatable bonds is 15. The molecule has 1 unspecified atom stereocenters. The van der Waals surface area contributed by atoms with Crippen molar-refractivity contribution in [1.82, 2.24) is 0 Å². The molecule has 0 saturated carbocycles. The van der Waals surface area contributed by atoms with Crippen LogP contribution in [0.5, 0.6) is 0 Å². The van der Waals surface area contributed by atoms with E-state index in [0.717, 1.165) is 12.8 Å². The molecule has 0 bridgehead atoms. The molecular weight excluding hydrogens is 629 g/mol. The molecule has 1 saturated heterocycles. The van der Waals surface area contributed by atoms with Crippen molar-refractivity contribution in [2.45, 2.75) is 154 Å². The standard InChI is InChI=1S/C41H64O5Si2/c1-12-13-17-25-34(46-47(10,11)39(2,3)4)26-19-14-18-24-33(42)31-37-38(45-41(8,9)44-37)32-43-48(40(5,6)7,35-27-20-15-21-28-35)36-29-22-16-23-30-36/h15-16,19-23,26-30,33-34,37-38,42H,12-14,17,25,31-32H2,1-11H3/b26-19+/t33?,34-,37+,38-/m1/s1. The van der Waals surface area contributed by atoms with E-state index in [1.54, 1.807) is 0 Å². The van der Waals surface area contributed by atoms with E-state index >= 15 is 0 Å². The van der Waals surface area contributed by atoms with Crippen molar-refractivity contribution in [3.63, 3.8) is 0 Å². The largest absolute Gasteiger partial charge is 0.411 e. The van der Waals surface area contributed by atoms with Crippen LogP contribution in [0.1, 0.15) is 101 Å². The summed E-state index contributed by atoms with van der Waals surface area (Å²) in [5.74, 6) is 5.46. The smallest absolute Gasteiger partial charge is 0.261 e. The van der Waals surface area contributed by atoms with Gasteiger partial charge in [-0.2, -0.15) is 0 Å². The predicted molar refractivity (Wildman–Crippen MR) is 206 cm³/mol. The number of ether oxygens (including phenoxy) is 2. The third kappa shape index (κ3) is 11.0. The lowest BCUT2D eigenvalue weighted by molar-refractivity contribution is -0.149. The van der Waals surface area contributed by atoms with Gasteiger partial charge in [-0.15, -0.1) is 0 Å². The molecule has 0 amide bonds. The van der Waals surface area contributed by atoms with Gasteiger partial charge in [0.05, 0.1) is 18.8 Å². The van der Waals surface area contributed by atoms with Gasteiger partial charge in [-0.3, -0.25) is 0 Å². The highest BCUT2D eigenvalue weighted by Gasteiger charge is 2.52. The van der Waals surface area contributed by atoms with Gasteiger partial charge in [-0.1, -0.05) is 152 Å². The molecule has 1 fully saturated rings. The molecule has 1 N–H and O–H groups in total. The molecule has 0 spiro atoms. The Kier molecular flexibility index (Phi) is 14.5. The van der Waals surface area contributed by atoms with E-state index in [0.29, 0.717) is 19.4 Å². The van der Waals surface area contributed by atoms with Crippen molar-refractivity contribution in [3.05, 3.63) is 72.8 Å². The second-order valence-electron chi connectivity index (χ2n) is 16.3. The van der Waals surface area contributed by atoms with E-state index < -0.39 is 28.5 Å². The van der Waals surface area contributed by atoms with Crippen LogP contribution in [-0.4, -0.2) is 58.6 Å². The van der Waals surface area contributed by atoms with Gasteiger partial charge in [0.1, 0.15) is 12.2 Å². The van der Waals surface area contributed by atoms with Crippen molar-refractivity contribution in [2.24, 2.45) is 0 Å². The van der Waals surface area contributed by atoms with Crippen LogP contribution >= 0.6 is 0 Å². The molecule has 0 aliphatic carbocycles. The number of unbranched alkanes of at least 4 members (excludes halogenated alkanes) is 2. The van der Waals surface area contributed by atoms with Crippen molar-refractivity contribution < 1.29 is 23.4 Å². The van der Waals surface area contributed by atoms with Crippen LogP contribution in [0.15, 0.2) is 72.8 Å². The molecule has 1 aliphatic heterocycles. The molecule has 0 radical (unpaired) electrons. The number of benzene rings is 2. The Hall–Kier alpha value is -2.03. The molecule has 0 aromatic heterocycles. The third-order valence-corrected chi connectivity index (χ3v) is 19.3. The number of hydrogen-bond acceptors (Lipinski definition) is 5. The SMILES string of the molecule is CCCCC[C@H](/C=C/CC#CC(O)C[C@@H]1OC(C)(C)O[C@@H]1CO[Si](c1ccccc1)(c1ccccc1)C(C)(C)C)O[Si](C)(C)C(C)(C)C. The zero-order chi connectivity index (χ0) is 35.6. The fourth-order valence-electron chi connectivity index (χ4n) is 6.30. The summed E-state index contributed by atoms with van der Waals surface area (Å²) in [5.41, 5.74) is 0. The van der Waals surface area contributed by atoms with Crippen molar-refractivity contribution >= 4 is 27.0 Å². The van der Waals surface area contributed by atoms with Crippen LogP contribution in [-0.2, 0) is 18.3 Å². The van der Waals surface area contributed by atoms with Gasteiger partial charge in [-0.05, 0) is 53.8 Å². The van der Waals surface area contributed by atoms with Crippen LogP contribution in [0, 0.1) is 11.8 Å². The highest BCUT2D eigenvalue weighted by Crippen LogP contribution is 2.39. The second kappa shape index (κ2) is 17.3. The first kappa shape index (κ1) is 40.4. The maximum Gasteiger partial charge on any atom is 0.261 e. The highest BCUT2D eigenvalue weighted by molar-refractivity contribution is 6.99. The first-order chi connectivity index (χ1) is 22.4. The fraction of sp³-hybridized carbons (Fsp3) is 0.610. The average molecular weight is 693 g/mol. The molecule has 3 rings (SSSR count). The maximum absolute atomic E-state index is 11.0. The zero-order valence-corrected chi connectivity index (χ0v) is 33.8. The molecular formula is C41H64O5Si2. The normalized spacial score (nSPS) is 20.0. The fourth-order valence-corrected chi connectivity index (χ4v) is 12.2. The van der Waals surface area contributed by atoms with Crippen molar-refractivity contribution in [3.8, 4) is 11.8 Å². The zero-order valence-electron chi connectivity index (χ0n) is 31.8. The lowest BCUT2D eigenvalue weighted by Crippen LogP contribution is -2.67. The summed E-state index contributed by atoms with van der Waals surface area (Å²) in [6.07, 6.45) is 8.38. The Balaban J connectivity index is 1.72. The van der Waals surface area contributed by atoms with Crippen LogP contribution < -0.4 is 10.4 Å². The van der Waals surface area contributed by atoms with Crippen LogP contribution in [0.2, 0.25) is 23.2 Å². The van der Waals surface area contributed by atoms with Crippen molar-refractivity contribution in [1.29, 1.82) is 0 Å². The minimum Gasteiger partial charge on any atom is -0.411 e. The minimum atomic E-state index is -2.75. The van der Waals surface area contributed by atoms with Gasteiger partial charge in [0.2, 0.25) is 0 Å². The van der Waals surface area contributed by atoms with Gasteiger partial charge in [0.15, 0.2) is 14.1 Å². The molecule has 5 nitrogen and oxygen atoms in total. The second-order valence-corrected chi connectivity index (χ2v) is 25.4. The van der Waals surface area contributed by atoms with Crippen LogP contribution in [0.4, 0.5) is 0 Å². The molecule has 2 aromatic carbocycles. The Morgan fingerprint density at radius 1 is 0.875 bits per heavy atom. The number of aliphatic hydroxyl groups excluding tert-OH is 1.